The lowest BCUT2D eigenvalue weighted by Gasteiger charge is -2.37. The van der Waals surface area contributed by atoms with Crippen LogP contribution in [-0.4, -0.2) is 6.36 Å². The summed E-state index contributed by atoms with van der Waals surface area (Å²) in [4.78, 5) is 0. The molecule has 0 amide bonds. The Morgan fingerprint density at radius 3 is 2.07 bits per heavy atom. The van der Waals surface area contributed by atoms with Gasteiger partial charge in [-0.3, -0.25) is 0 Å². The lowest BCUT2D eigenvalue weighted by molar-refractivity contribution is -0.274. The zero-order chi connectivity index (χ0) is 21.4. The summed E-state index contributed by atoms with van der Waals surface area (Å²) in [6.45, 7) is 2.31. The molecule has 0 heterocycles. The number of ether oxygens (including phenoxy) is 1. The second-order valence-electron chi connectivity index (χ2n) is 9.40. The van der Waals surface area contributed by atoms with Crippen molar-refractivity contribution in [2.24, 2.45) is 23.7 Å². The highest BCUT2D eigenvalue weighted by molar-refractivity contribution is 5.27. The highest BCUT2D eigenvalue weighted by Gasteiger charge is 2.31. The van der Waals surface area contributed by atoms with Crippen molar-refractivity contribution in [3.05, 3.63) is 42.0 Å². The van der Waals surface area contributed by atoms with E-state index in [1.54, 1.807) is 12.1 Å². The zero-order valence-electron chi connectivity index (χ0n) is 18.3. The second kappa shape index (κ2) is 11.2. The van der Waals surface area contributed by atoms with E-state index in [1.165, 1.54) is 76.3 Å². The van der Waals surface area contributed by atoms with Crippen LogP contribution in [0.2, 0.25) is 0 Å². The third kappa shape index (κ3) is 7.67. The van der Waals surface area contributed by atoms with Gasteiger partial charge in [0.15, 0.2) is 0 Å². The van der Waals surface area contributed by atoms with Crippen molar-refractivity contribution in [2.75, 3.05) is 0 Å². The average Bonchev–Trinajstić information content (AvgIpc) is 2.73. The first kappa shape index (κ1) is 23.2. The minimum absolute atomic E-state index is 0.155. The number of alkyl halides is 3. The molecule has 0 aromatic heterocycles. The molecule has 30 heavy (non-hydrogen) atoms. The van der Waals surface area contributed by atoms with Gasteiger partial charge in [-0.15, -0.1) is 13.2 Å². The van der Waals surface area contributed by atoms with Gasteiger partial charge in [0, 0.05) is 0 Å². The lowest BCUT2D eigenvalue weighted by atomic mass is 9.68. The van der Waals surface area contributed by atoms with Crippen LogP contribution in [0.3, 0.4) is 0 Å². The van der Waals surface area contributed by atoms with Crippen LogP contribution in [0.15, 0.2) is 36.4 Å². The molecule has 2 fully saturated rings. The molecule has 0 spiro atoms. The molecule has 0 aliphatic heterocycles. The number of hydrogen-bond acceptors (Lipinski definition) is 1. The smallest absolute Gasteiger partial charge is 0.406 e. The van der Waals surface area contributed by atoms with Crippen LogP contribution >= 0.6 is 0 Å². The Bertz CT molecular complexity index is 633. The summed E-state index contributed by atoms with van der Waals surface area (Å²) < 4.78 is 40.5. The summed E-state index contributed by atoms with van der Waals surface area (Å²) in [6, 6.07) is 6.22. The van der Waals surface area contributed by atoms with Gasteiger partial charge < -0.3 is 4.74 Å². The average molecular weight is 423 g/mol. The molecule has 0 saturated heterocycles. The molecule has 2 aliphatic carbocycles. The molecule has 0 radical (unpaired) electrons. The SMILES string of the molecule is CCC[C@H]1CC[C@H](C2CCC(/C=C/CCc3ccc(OC(F)(F)F)cc3)CC2)CC1. The van der Waals surface area contributed by atoms with Gasteiger partial charge in [0.25, 0.3) is 0 Å². The first-order chi connectivity index (χ1) is 14.4. The van der Waals surface area contributed by atoms with Crippen LogP contribution in [0.5, 0.6) is 5.75 Å². The van der Waals surface area contributed by atoms with E-state index in [-0.39, 0.29) is 5.75 Å². The normalized spacial score (nSPS) is 28.0. The number of aryl methyl sites for hydroxylation is 1. The van der Waals surface area contributed by atoms with E-state index in [0.29, 0.717) is 5.92 Å². The molecule has 3 rings (SSSR count). The van der Waals surface area contributed by atoms with Gasteiger partial charge in [-0.1, -0.05) is 56.9 Å². The van der Waals surface area contributed by atoms with E-state index >= 15 is 0 Å². The summed E-state index contributed by atoms with van der Waals surface area (Å²) in [5.41, 5.74) is 1.04. The van der Waals surface area contributed by atoms with Crippen molar-refractivity contribution in [1.82, 2.24) is 0 Å². The minimum atomic E-state index is -4.63. The largest absolute Gasteiger partial charge is 0.573 e. The number of halogens is 3. The molecule has 1 nitrogen and oxygen atoms in total. The van der Waals surface area contributed by atoms with Gasteiger partial charge in [-0.2, -0.15) is 0 Å². The van der Waals surface area contributed by atoms with E-state index < -0.39 is 6.36 Å². The van der Waals surface area contributed by atoms with Crippen molar-refractivity contribution in [2.45, 2.75) is 90.3 Å². The van der Waals surface area contributed by atoms with Gasteiger partial charge in [0.1, 0.15) is 5.75 Å². The predicted octanol–water partition coefficient (Wildman–Crippen LogP) is 8.49. The number of benzene rings is 1. The molecule has 1 aromatic rings. The second-order valence-corrected chi connectivity index (χ2v) is 9.40. The molecule has 168 valence electrons. The molecule has 0 atom stereocenters. The van der Waals surface area contributed by atoms with Crippen molar-refractivity contribution in [1.29, 1.82) is 0 Å². The van der Waals surface area contributed by atoms with Crippen LogP contribution in [-0.2, 0) is 6.42 Å². The predicted molar refractivity (Wildman–Crippen MR) is 116 cm³/mol. The Kier molecular flexibility index (Phi) is 8.71. The van der Waals surface area contributed by atoms with Crippen LogP contribution < -0.4 is 4.74 Å². The molecule has 4 heteroatoms. The molecular formula is C26H37F3O. The fourth-order valence-corrected chi connectivity index (χ4v) is 5.56. The summed E-state index contributed by atoms with van der Waals surface area (Å²) in [6.07, 6.45) is 15.8. The number of hydrogen-bond donors (Lipinski definition) is 0. The lowest BCUT2D eigenvalue weighted by Crippen LogP contribution is -2.25. The van der Waals surface area contributed by atoms with Crippen LogP contribution in [0.25, 0.3) is 0 Å². The zero-order valence-corrected chi connectivity index (χ0v) is 18.3. The van der Waals surface area contributed by atoms with E-state index in [1.807, 2.05) is 0 Å². The van der Waals surface area contributed by atoms with Gasteiger partial charge in [0.2, 0.25) is 0 Å². The Labute approximate surface area is 180 Å². The van der Waals surface area contributed by atoms with Crippen molar-refractivity contribution >= 4 is 0 Å². The minimum Gasteiger partial charge on any atom is -0.406 e. The monoisotopic (exact) mass is 422 g/mol. The first-order valence-electron chi connectivity index (χ1n) is 11.9. The topological polar surface area (TPSA) is 9.23 Å². The van der Waals surface area contributed by atoms with Gasteiger partial charge >= 0.3 is 6.36 Å². The standard InChI is InChI=1S/C26H37F3O/c1-2-5-20-8-14-23(15-9-20)24-16-10-21(11-17-24)6-3-4-7-22-12-18-25(19-13-22)30-26(27,28)29/h3,6,12-13,18-21,23-24H,2,4-5,7-11,14-17H2,1H3/b6-3+/t20-,21?,23-,24?. The molecule has 0 unspecified atom stereocenters. The first-order valence-corrected chi connectivity index (χ1v) is 11.9. The molecular weight excluding hydrogens is 385 g/mol. The fraction of sp³-hybridized carbons (Fsp3) is 0.692. The summed E-state index contributed by atoms with van der Waals surface area (Å²) in [5, 5.41) is 0. The summed E-state index contributed by atoms with van der Waals surface area (Å²) in [5.74, 6) is 3.48. The molecule has 1 aromatic carbocycles. The fourth-order valence-electron chi connectivity index (χ4n) is 5.56. The van der Waals surface area contributed by atoms with Crippen LogP contribution in [0, 0.1) is 23.7 Å². The van der Waals surface area contributed by atoms with Crippen molar-refractivity contribution in [3.8, 4) is 5.75 Å². The molecule has 0 N–H and O–H groups in total. The van der Waals surface area contributed by atoms with E-state index in [4.69, 9.17) is 0 Å². The van der Waals surface area contributed by atoms with Crippen molar-refractivity contribution < 1.29 is 17.9 Å². The number of rotatable bonds is 8. The summed E-state index contributed by atoms with van der Waals surface area (Å²) >= 11 is 0. The molecule has 2 saturated carbocycles. The van der Waals surface area contributed by atoms with Crippen LogP contribution in [0.4, 0.5) is 13.2 Å². The maximum absolute atomic E-state index is 12.2. The van der Waals surface area contributed by atoms with Gasteiger partial charge in [-0.25, -0.2) is 0 Å². The van der Waals surface area contributed by atoms with Crippen LogP contribution in [0.1, 0.15) is 83.1 Å². The highest BCUT2D eigenvalue weighted by atomic mass is 19.4. The van der Waals surface area contributed by atoms with Gasteiger partial charge in [-0.05, 0) is 92.7 Å². The Morgan fingerprint density at radius 2 is 1.50 bits per heavy atom. The highest BCUT2D eigenvalue weighted by Crippen LogP contribution is 2.42. The third-order valence-electron chi connectivity index (χ3n) is 7.24. The maximum atomic E-state index is 12.2. The van der Waals surface area contributed by atoms with E-state index in [0.717, 1.165) is 36.2 Å². The Hall–Kier alpha value is -1.45. The van der Waals surface area contributed by atoms with E-state index in [9.17, 15) is 13.2 Å². The Balaban J connectivity index is 1.32. The Morgan fingerprint density at radius 1 is 0.900 bits per heavy atom. The number of allylic oxidation sites excluding steroid dienone is 2. The molecule has 0 bridgehead atoms. The van der Waals surface area contributed by atoms with E-state index in [2.05, 4.69) is 23.8 Å². The third-order valence-corrected chi connectivity index (χ3v) is 7.24. The quantitative estimate of drug-likeness (QED) is 0.382. The van der Waals surface area contributed by atoms with Crippen molar-refractivity contribution in [3.63, 3.8) is 0 Å². The van der Waals surface area contributed by atoms with Gasteiger partial charge in [0.05, 0.1) is 0 Å². The summed E-state index contributed by atoms with van der Waals surface area (Å²) in [7, 11) is 0. The molecule has 2 aliphatic rings. The maximum Gasteiger partial charge on any atom is 0.573 e.